The van der Waals surface area contributed by atoms with Gasteiger partial charge in [0, 0.05) is 26.1 Å². The Hall–Kier alpha value is -3.67. The first-order chi connectivity index (χ1) is 16.7. The zero-order valence-corrected chi connectivity index (χ0v) is 19.3. The van der Waals surface area contributed by atoms with Gasteiger partial charge in [0.2, 0.25) is 5.91 Å². The maximum Gasteiger partial charge on any atom is 0.433 e. The van der Waals surface area contributed by atoms with Crippen LogP contribution in [0, 0.1) is 27.8 Å². The fourth-order valence-corrected chi connectivity index (χ4v) is 5.26. The maximum absolute atomic E-state index is 15.0. The number of amides is 2. The number of cyclic esters (lactones) is 1. The monoisotopic (exact) mass is 487 g/mol. The first-order valence-corrected chi connectivity index (χ1v) is 11.4. The highest BCUT2D eigenvalue weighted by molar-refractivity contribution is 5.90. The number of carbonyl (C=O) groups is 2. The van der Waals surface area contributed by atoms with E-state index in [1.54, 1.807) is 18.2 Å². The average molecular weight is 487 g/mol. The molecule has 1 aliphatic carbocycles. The lowest BCUT2D eigenvalue weighted by atomic mass is 10.2. The fourth-order valence-electron chi connectivity index (χ4n) is 5.26. The summed E-state index contributed by atoms with van der Waals surface area (Å²) in [6.45, 7) is 3.72. The molecular weight excluding hydrogens is 461 g/mol. The molecule has 1 aromatic carbocycles. The summed E-state index contributed by atoms with van der Waals surface area (Å²) in [7, 11) is 1.96. The predicted octanol–water partition coefficient (Wildman–Crippen LogP) is 2.35. The molecule has 2 saturated heterocycles. The number of nitrogens with zero attached hydrogens (tertiary/aromatic N) is 4. The average Bonchev–Trinajstić information content (AvgIpc) is 3.19. The SMILES string of the molecule is CC(=O)NC[C@H]1CN(c2ccc(N3C[C@@H]4C(N(C)Cc5ccc([N+](=O)[O-])o5)[C@@H]4C3)c(F)c2)C(=O)O1. The van der Waals surface area contributed by atoms with Crippen molar-refractivity contribution in [1.82, 2.24) is 10.2 Å². The zero-order chi connectivity index (χ0) is 24.9. The molecule has 11 nitrogen and oxygen atoms in total. The van der Waals surface area contributed by atoms with E-state index in [2.05, 4.69) is 10.2 Å². The number of ether oxygens (including phenoxy) is 1. The van der Waals surface area contributed by atoms with E-state index in [-0.39, 0.29) is 24.9 Å². The van der Waals surface area contributed by atoms with Crippen molar-refractivity contribution < 1.29 is 28.1 Å². The quantitative estimate of drug-likeness (QED) is 0.445. The number of hydrogen-bond acceptors (Lipinski definition) is 8. The first-order valence-electron chi connectivity index (χ1n) is 11.4. The topological polar surface area (TPSA) is 121 Å². The van der Waals surface area contributed by atoms with Crippen LogP contribution in [0.15, 0.2) is 34.7 Å². The lowest BCUT2D eigenvalue weighted by molar-refractivity contribution is -0.402. The summed E-state index contributed by atoms with van der Waals surface area (Å²) in [4.78, 5) is 39.1. The van der Waals surface area contributed by atoms with Crippen molar-refractivity contribution in [1.29, 1.82) is 0 Å². The van der Waals surface area contributed by atoms with Gasteiger partial charge in [-0.1, -0.05) is 0 Å². The molecule has 5 rings (SSSR count). The van der Waals surface area contributed by atoms with Gasteiger partial charge in [-0.05, 0) is 43.1 Å². The summed E-state index contributed by atoms with van der Waals surface area (Å²) in [6.07, 6.45) is -1.05. The van der Waals surface area contributed by atoms with Crippen molar-refractivity contribution in [3.8, 4) is 0 Å². The lowest BCUT2D eigenvalue weighted by Crippen LogP contribution is -2.33. The van der Waals surface area contributed by atoms with Gasteiger partial charge in [0.25, 0.3) is 0 Å². The molecule has 0 spiro atoms. The van der Waals surface area contributed by atoms with Crippen LogP contribution in [0.3, 0.4) is 0 Å². The molecule has 2 aromatic rings. The molecule has 3 fully saturated rings. The molecule has 186 valence electrons. The smallest absolute Gasteiger partial charge is 0.433 e. The Morgan fingerprint density at radius 3 is 2.63 bits per heavy atom. The highest BCUT2D eigenvalue weighted by Crippen LogP contribution is 2.50. The Bertz CT molecular complexity index is 1160. The van der Waals surface area contributed by atoms with Crippen LogP contribution in [0.5, 0.6) is 0 Å². The maximum atomic E-state index is 15.0. The Kier molecular flexibility index (Phi) is 5.83. The Balaban J connectivity index is 1.17. The van der Waals surface area contributed by atoms with Crippen LogP contribution in [0.1, 0.15) is 12.7 Å². The van der Waals surface area contributed by atoms with Gasteiger partial charge in [-0.15, -0.1) is 0 Å². The van der Waals surface area contributed by atoms with Crippen molar-refractivity contribution in [3.63, 3.8) is 0 Å². The van der Waals surface area contributed by atoms with Gasteiger partial charge in [-0.3, -0.25) is 24.7 Å². The molecule has 1 N–H and O–H groups in total. The fraction of sp³-hybridized carbons (Fsp3) is 0.478. The summed E-state index contributed by atoms with van der Waals surface area (Å²) in [5.74, 6) is 0.424. The van der Waals surface area contributed by atoms with E-state index in [9.17, 15) is 19.7 Å². The predicted molar refractivity (Wildman–Crippen MR) is 123 cm³/mol. The molecule has 0 bridgehead atoms. The van der Waals surface area contributed by atoms with Crippen molar-refractivity contribution >= 4 is 29.3 Å². The molecule has 2 amide bonds. The molecule has 12 heteroatoms. The van der Waals surface area contributed by atoms with E-state index in [0.717, 1.165) is 0 Å². The van der Waals surface area contributed by atoms with Gasteiger partial charge in [0.05, 0.1) is 37.1 Å². The molecule has 3 aliphatic rings. The highest BCUT2D eigenvalue weighted by Gasteiger charge is 2.57. The second-order valence-corrected chi connectivity index (χ2v) is 9.32. The van der Waals surface area contributed by atoms with E-state index < -0.39 is 22.9 Å². The minimum atomic E-state index is -0.567. The number of anilines is 2. The van der Waals surface area contributed by atoms with Crippen LogP contribution in [-0.2, 0) is 16.1 Å². The van der Waals surface area contributed by atoms with E-state index in [0.29, 0.717) is 54.6 Å². The van der Waals surface area contributed by atoms with Gasteiger partial charge in [0.1, 0.15) is 22.6 Å². The van der Waals surface area contributed by atoms with E-state index in [1.165, 1.54) is 24.0 Å². The standard InChI is InChI=1S/C23H26FN5O6/c1-13(30)25-8-16-10-28(23(31)35-16)14-3-5-20(19(24)7-14)27-11-17-18(12-27)22(17)26(2)9-15-4-6-21(34-15)29(32)33/h3-7,16-18,22H,8-12H2,1-2H3,(H,25,30)/t16-,17-,18+,22?/m0/s1. The first kappa shape index (κ1) is 23.1. The van der Waals surface area contributed by atoms with Crippen LogP contribution in [-0.4, -0.2) is 67.2 Å². The number of fused-ring (bicyclic) bond motifs is 1. The number of nitro groups is 1. The van der Waals surface area contributed by atoms with Crippen LogP contribution in [0.4, 0.5) is 26.4 Å². The van der Waals surface area contributed by atoms with Crippen LogP contribution in [0.25, 0.3) is 0 Å². The normalized spacial score (nSPS) is 25.1. The van der Waals surface area contributed by atoms with Crippen LogP contribution >= 0.6 is 0 Å². The van der Waals surface area contributed by atoms with E-state index >= 15 is 4.39 Å². The van der Waals surface area contributed by atoms with Crippen molar-refractivity contribution in [2.75, 3.05) is 43.0 Å². The number of furan rings is 1. The number of halogens is 1. The Morgan fingerprint density at radius 2 is 2.00 bits per heavy atom. The lowest BCUT2D eigenvalue weighted by Gasteiger charge is -2.26. The molecule has 35 heavy (non-hydrogen) atoms. The molecule has 1 aromatic heterocycles. The number of piperidine rings is 1. The zero-order valence-electron chi connectivity index (χ0n) is 19.3. The van der Waals surface area contributed by atoms with Gasteiger partial charge in [-0.25, -0.2) is 9.18 Å². The molecule has 3 heterocycles. The van der Waals surface area contributed by atoms with Crippen LogP contribution in [0.2, 0.25) is 0 Å². The largest absolute Gasteiger partial charge is 0.442 e. The third-order valence-electron chi connectivity index (χ3n) is 6.93. The Morgan fingerprint density at radius 1 is 1.26 bits per heavy atom. The van der Waals surface area contributed by atoms with Gasteiger partial charge < -0.3 is 19.4 Å². The number of nitrogens with one attached hydrogen (secondary N) is 1. The third kappa shape index (κ3) is 4.53. The minimum Gasteiger partial charge on any atom is -0.442 e. The summed E-state index contributed by atoms with van der Waals surface area (Å²) in [6, 6.07) is 8.03. The number of rotatable bonds is 8. The number of hydrogen-bond donors (Lipinski definition) is 1. The summed E-state index contributed by atoms with van der Waals surface area (Å²) < 4.78 is 25.5. The summed E-state index contributed by atoms with van der Waals surface area (Å²) in [5, 5.41) is 13.4. The van der Waals surface area contributed by atoms with Gasteiger partial charge in [-0.2, -0.15) is 0 Å². The van der Waals surface area contributed by atoms with E-state index in [4.69, 9.17) is 9.15 Å². The molecule has 0 radical (unpaired) electrons. The highest BCUT2D eigenvalue weighted by atomic mass is 19.1. The second-order valence-electron chi connectivity index (χ2n) is 9.32. The van der Waals surface area contributed by atoms with Crippen molar-refractivity contribution in [2.24, 2.45) is 11.8 Å². The minimum absolute atomic E-state index is 0.209. The third-order valence-corrected chi connectivity index (χ3v) is 6.93. The molecule has 1 saturated carbocycles. The Labute approximate surface area is 200 Å². The second kappa shape index (κ2) is 8.84. The number of carbonyl (C=O) groups excluding carboxylic acids is 2. The van der Waals surface area contributed by atoms with Crippen LogP contribution < -0.4 is 15.1 Å². The van der Waals surface area contributed by atoms with Crippen molar-refractivity contribution in [2.45, 2.75) is 25.6 Å². The summed E-state index contributed by atoms with van der Waals surface area (Å²) >= 11 is 0. The number of benzene rings is 1. The molecule has 2 aliphatic heterocycles. The van der Waals surface area contributed by atoms with Crippen molar-refractivity contribution in [3.05, 3.63) is 52.0 Å². The molecule has 4 atom stereocenters. The molecule has 1 unspecified atom stereocenters. The van der Waals surface area contributed by atoms with E-state index in [1.807, 2.05) is 11.9 Å². The molecular formula is C23H26FN5O6. The van der Waals surface area contributed by atoms with Gasteiger partial charge in [0.15, 0.2) is 0 Å². The van der Waals surface area contributed by atoms with Gasteiger partial charge >= 0.3 is 12.0 Å². The summed E-state index contributed by atoms with van der Waals surface area (Å²) in [5.41, 5.74) is 0.905.